The Balaban J connectivity index is 2.68. The van der Waals surface area contributed by atoms with Crippen LogP contribution >= 0.6 is 0 Å². The Morgan fingerprint density at radius 3 is 2.40 bits per heavy atom. The number of phenols is 1. The van der Waals surface area contributed by atoms with E-state index >= 15 is 0 Å². The summed E-state index contributed by atoms with van der Waals surface area (Å²) in [5.41, 5.74) is 0.527. The molecule has 5 heteroatoms. The van der Waals surface area contributed by atoms with E-state index in [1.807, 2.05) is 0 Å². The highest BCUT2D eigenvalue weighted by Gasteiger charge is 2.23. The maximum Gasteiger partial charge on any atom is 0.306 e. The zero-order valence-electron chi connectivity index (χ0n) is 8.52. The molecule has 1 aromatic rings. The van der Waals surface area contributed by atoms with Gasteiger partial charge in [-0.1, -0.05) is 0 Å². The highest BCUT2D eigenvalue weighted by molar-refractivity contribution is 5.66. The Bertz CT molecular complexity index is 345. The first kappa shape index (κ1) is 11.3. The van der Waals surface area contributed by atoms with Gasteiger partial charge in [-0.05, 0) is 24.3 Å². The molecule has 0 aliphatic carbocycles. The SMILES string of the molecule is CC(=O)OC(C)(O)Nc1ccc(O)cc1. The molecule has 0 spiro atoms. The summed E-state index contributed by atoms with van der Waals surface area (Å²) in [6, 6.07) is 6.00. The third kappa shape index (κ3) is 3.86. The van der Waals surface area contributed by atoms with Gasteiger partial charge in [-0.2, -0.15) is 0 Å². The van der Waals surface area contributed by atoms with E-state index in [9.17, 15) is 9.90 Å². The third-order valence-corrected chi connectivity index (χ3v) is 1.59. The standard InChI is InChI=1S/C10H13NO4/c1-7(12)15-10(2,14)11-8-3-5-9(13)6-4-8/h3-6,11,13-14H,1-2H3. The molecule has 0 bridgehead atoms. The number of hydrogen-bond donors (Lipinski definition) is 3. The zero-order valence-corrected chi connectivity index (χ0v) is 8.52. The van der Waals surface area contributed by atoms with Crippen molar-refractivity contribution in [1.82, 2.24) is 0 Å². The summed E-state index contributed by atoms with van der Waals surface area (Å²) in [4.78, 5) is 10.6. The minimum Gasteiger partial charge on any atom is -0.508 e. The van der Waals surface area contributed by atoms with E-state index in [2.05, 4.69) is 10.1 Å². The number of nitrogens with one attached hydrogen (secondary N) is 1. The summed E-state index contributed by atoms with van der Waals surface area (Å²) >= 11 is 0. The Morgan fingerprint density at radius 2 is 1.93 bits per heavy atom. The minimum absolute atomic E-state index is 0.118. The van der Waals surface area contributed by atoms with Gasteiger partial charge in [0.1, 0.15) is 5.75 Å². The van der Waals surface area contributed by atoms with Gasteiger partial charge in [0.25, 0.3) is 5.91 Å². The van der Waals surface area contributed by atoms with Crippen LogP contribution in [0.25, 0.3) is 0 Å². The first-order chi connectivity index (χ1) is 6.89. The molecule has 15 heavy (non-hydrogen) atoms. The molecular weight excluding hydrogens is 198 g/mol. The molecular formula is C10H13NO4. The van der Waals surface area contributed by atoms with Gasteiger partial charge in [-0.25, -0.2) is 0 Å². The molecule has 82 valence electrons. The fourth-order valence-corrected chi connectivity index (χ4v) is 1.12. The highest BCUT2D eigenvalue weighted by Crippen LogP contribution is 2.17. The van der Waals surface area contributed by atoms with Crippen molar-refractivity contribution in [2.24, 2.45) is 0 Å². The minimum atomic E-state index is -1.76. The predicted molar refractivity (Wildman–Crippen MR) is 54.1 cm³/mol. The lowest BCUT2D eigenvalue weighted by Gasteiger charge is -2.24. The van der Waals surface area contributed by atoms with Crippen LogP contribution in [0, 0.1) is 0 Å². The first-order valence-electron chi connectivity index (χ1n) is 4.38. The number of aromatic hydroxyl groups is 1. The molecule has 0 amide bonds. The largest absolute Gasteiger partial charge is 0.508 e. The Hall–Kier alpha value is -1.75. The number of esters is 1. The lowest BCUT2D eigenvalue weighted by molar-refractivity contribution is -0.188. The number of rotatable bonds is 3. The number of carbonyl (C=O) groups excluding carboxylic acids is 1. The van der Waals surface area contributed by atoms with Crippen molar-refractivity contribution >= 4 is 11.7 Å². The van der Waals surface area contributed by atoms with Crippen LogP contribution in [-0.2, 0) is 9.53 Å². The van der Waals surface area contributed by atoms with Crippen LogP contribution in [0.3, 0.4) is 0 Å². The van der Waals surface area contributed by atoms with E-state index in [-0.39, 0.29) is 5.75 Å². The molecule has 0 fully saturated rings. The van der Waals surface area contributed by atoms with Crippen LogP contribution in [0.1, 0.15) is 13.8 Å². The number of anilines is 1. The maximum absolute atomic E-state index is 10.6. The van der Waals surface area contributed by atoms with Crippen LogP contribution in [0.15, 0.2) is 24.3 Å². The fourth-order valence-electron chi connectivity index (χ4n) is 1.12. The third-order valence-electron chi connectivity index (χ3n) is 1.59. The molecule has 0 aliphatic rings. The number of hydrogen-bond acceptors (Lipinski definition) is 5. The molecule has 0 heterocycles. The summed E-state index contributed by atoms with van der Waals surface area (Å²) < 4.78 is 4.61. The molecule has 0 radical (unpaired) electrons. The van der Waals surface area contributed by atoms with Crippen LogP contribution in [-0.4, -0.2) is 22.1 Å². The predicted octanol–water partition coefficient (Wildman–Crippen LogP) is 1.03. The summed E-state index contributed by atoms with van der Waals surface area (Å²) in [6.45, 7) is 2.51. The topological polar surface area (TPSA) is 78.8 Å². The van der Waals surface area contributed by atoms with E-state index in [0.717, 1.165) is 0 Å². The summed E-state index contributed by atoms with van der Waals surface area (Å²) in [5, 5.41) is 21.2. The molecule has 1 rings (SSSR count). The average Bonchev–Trinajstić information content (AvgIpc) is 2.06. The van der Waals surface area contributed by atoms with Crippen LogP contribution in [0.4, 0.5) is 5.69 Å². The van der Waals surface area contributed by atoms with E-state index in [0.29, 0.717) is 5.69 Å². The Morgan fingerprint density at radius 1 is 1.40 bits per heavy atom. The van der Waals surface area contributed by atoms with Crippen molar-refractivity contribution in [2.75, 3.05) is 5.32 Å². The van der Waals surface area contributed by atoms with Crippen molar-refractivity contribution in [3.63, 3.8) is 0 Å². The molecule has 0 saturated carbocycles. The number of aliphatic hydroxyl groups is 1. The monoisotopic (exact) mass is 211 g/mol. The Labute approximate surface area is 87.3 Å². The molecule has 0 aliphatic heterocycles. The molecule has 0 aromatic heterocycles. The zero-order chi connectivity index (χ0) is 11.5. The maximum atomic E-state index is 10.6. The van der Waals surface area contributed by atoms with Crippen molar-refractivity contribution in [1.29, 1.82) is 0 Å². The second-order valence-electron chi connectivity index (χ2n) is 3.25. The van der Waals surface area contributed by atoms with Crippen molar-refractivity contribution in [3.8, 4) is 5.75 Å². The van der Waals surface area contributed by atoms with E-state index in [1.54, 1.807) is 12.1 Å². The number of carbonyl (C=O) groups is 1. The quantitative estimate of drug-likeness (QED) is 0.395. The first-order valence-corrected chi connectivity index (χ1v) is 4.38. The van der Waals surface area contributed by atoms with Gasteiger partial charge in [-0.15, -0.1) is 0 Å². The van der Waals surface area contributed by atoms with Gasteiger partial charge in [0.05, 0.1) is 0 Å². The molecule has 1 aromatic carbocycles. The molecule has 3 N–H and O–H groups in total. The molecule has 0 saturated heterocycles. The van der Waals surface area contributed by atoms with Gasteiger partial charge in [0, 0.05) is 19.5 Å². The molecule has 5 nitrogen and oxygen atoms in total. The fraction of sp³-hybridized carbons (Fsp3) is 0.300. The highest BCUT2D eigenvalue weighted by atomic mass is 16.7. The van der Waals surface area contributed by atoms with Gasteiger partial charge in [0.15, 0.2) is 0 Å². The lowest BCUT2D eigenvalue weighted by atomic mass is 10.3. The summed E-state index contributed by atoms with van der Waals surface area (Å²) in [7, 11) is 0. The van der Waals surface area contributed by atoms with Gasteiger partial charge in [0.2, 0.25) is 0 Å². The van der Waals surface area contributed by atoms with Crippen LogP contribution < -0.4 is 5.32 Å². The van der Waals surface area contributed by atoms with Crippen LogP contribution in [0.2, 0.25) is 0 Å². The number of benzene rings is 1. The second kappa shape index (κ2) is 4.18. The van der Waals surface area contributed by atoms with Gasteiger partial charge in [-0.3, -0.25) is 4.79 Å². The van der Waals surface area contributed by atoms with Crippen LogP contribution in [0.5, 0.6) is 5.75 Å². The second-order valence-corrected chi connectivity index (χ2v) is 3.25. The van der Waals surface area contributed by atoms with E-state index in [1.165, 1.54) is 26.0 Å². The summed E-state index contributed by atoms with van der Waals surface area (Å²) in [6.07, 6.45) is 0. The lowest BCUT2D eigenvalue weighted by Crippen LogP contribution is -2.39. The van der Waals surface area contributed by atoms with Crippen molar-refractivity contribution in [2.45, 2.75) is 19.8 Å². The normalized spacial score (nSPS) is 14.1. The number of phenolic OH excluding ortho intramolecular Hbond substituents is 1. The van der Waals surface area contributed by atoms with Gasteiger partial charge < -0.3 is 20.3 Å². The Kier molecular flexibility index (Phi) is 3.16. The number of ether oxygens (including phenoxy) is 1. The molecule has 1 atom stereocenters. The average molecular weight is 211 g/mol. The van der Waals surface area contributed by atoms with Crippen molar-refractivity contribution < 1.29 is 19.7 Å². The van der Waals surface area contributed by atoms with E-state index < -0.39 is 11.9 Å². The van der Waals surface area contributed by atoms with E-state index in [4.69, 9.17) is 5.11 Å². The molecule has 1 unspecified atom stereocenters. The summed E-state index contributed by atoms with van der Waals surface area (Å²) in [5.74, 6) is -2.23. The van der Waals surface area contributed by atoms with Gasteiger partial charge >= 0.3 is 5.97 Å². The van der Waals surface area contributed by atoms with Crippen molar-refractivity contribution in [3.05, 3.63) is 24.3 Å². The smallest absolute Gasteiger partial charge is 0.306 e.